The summed E-state index contributed by atoms with van der Waals surface area (Å²) in [5, 5.41) is 0. The number of aryl methyl sites for hydroxylation is 1. The van der Waals surface area contributed by atoms with Gasteiger partial charge in [-0.1, -0.05) is 72.8 Å². The minimum Gasteiger partial charge on any atom is -0.317 e. The van der Waals surface area contributed by atoms with Gasteiger partial charge in [0.05, 0.1) is 6.34 Å². The normalized spacial score (nSPS) is 19.3. The minimum atomic E-state index is -0.499. The van der Waals surface area contributed by atoms with Crippen molar-refractivity contribution in [1.82, 2.24) is 9.80 Å². The molecule has 6 heteroatoms. The van der Waals surface area contributed by atoms with E-state index in [4.69, 9.17) is 0 Å². The van der Waals surface area contributed by atoms with Gasteiger partial charge in [-0.25, -0.2) is 4.99 Å². The Labute approximate surface area is 232 Å². The molecule has 0 atom stereocenters. The molecule has 0 aromatic heterocycles. The van der Waals surface area contributed by atoms with E-state index in [1.165, 1.54) is 16.7 Å². The Kier molecular flexibility index (Phi) is 8.64. The average molecular weight is 523 g/mol. The van der Waals surface area contributed by atoms with E-state index in [0.717, 1.165) is 70.6 Å². The number of piperidine rings is 2. The van der Waals surface area contributed by atoms with Gasteiger partial charge in [0.1, 0.15) is 11.3 Å². The van der Waals surface area contributed by atoms with Crippen LogP contribution in [0.25, 0.3) is 0 Å². The molecule has 3 aromatic carbocycles. The maximum Gasteiger partial charge on any atom is 0.273 e. The lowest BCUT2D eigenvalue weighted by Gasteiger charge is -2.43. The lowest BCUT2D eigenvalue weighted by atomic mass is 9.85. The number of benzene rings is 3. The molecule has 3 heterocycles. The SMILES string of the molecule is Cc1cccc(N2C=NC(=O)C23CCN(Cc2ccccc2)CC3)c1.O=C1CCN(Cc2ccccc2)CC1. The molecule has 2 fully saturated rings. The molecule has 6 nitrogen and oxygen atoms in total. The van der Waals surface area contributed by atoms with Gasteiger partial charge in [-0.15, -0.1) is 0 Å². The smallest absolute Gasteiger partial charge is 0.273 e. The van der Waals surface area contributed by atoms with E-state index in [9.17, 15) is 9.59 Å². The van der Waals surface area contributed by atoms with Gasteiger partial charge in [-0.05, 0) is 48.6 Å². The summed E-state index contributed by atoms with van der Waals surface area (Å²) in [6, 6.07) is 29.3. The van der Waals surface area contributed by atoms with Crippen molar-refractivity contribution in [1.29, 1.82) is 0 Å². The van der Waals surface area contributed by atoms with Gasteiger partial charge >= 0.3 is 0 Å². The number of ketones is 1. The van der Waals surface area contributed by atoms with Crippen LogP contribution in [0.5, 0.6) is 0 Å². The molecule has 1 spiro atoms. The molecule has 1 amide bonds. The number of likely N-dealkylation sites (tertiary alicyclic amines) is 2. The third kappa shape index (κ3) is 6.70. The predicted molar refractivity (Wildman–Crippen MR) is 157 cm³/mol. The average Bonchev–Trinajstić information content (AvgIpc) is 3.28. The monoisotopic (exact) mass is 522 g/mol. The number of aliphatic imine (C=N–C) groups is 1. The van der Waals surface area contributed by atoms with Crippen LogP contribution in [0.1, 0.15) is 42.4 Å². The van der Waals surface area contributed by atoms with Gasteiger partial charge in [0.15, 0.2) is 0 Å². The first-order chi connectivity index (χ1) is 19.0. The highest BCUT2D eigenvalue weighted by atomic mass is 16.2. The summed E-state index contributed by atoms with van der Waals surface area (Å²) in [5.74, 6) is 0.419. The van der Waals surface area contributed by atoms with Crippen LogP contribution in [0.4, 0.5) is 5.69 Å². The first-order valence-corrected chi connectivity index (χ1v) is 14.0. The number of carbonyl (C=O) groups excluding carboxylic acids is 2. The second-order valence-corrected chi connectivity index (χ2v) is 10.9. The Balaban J connectivity index is 0.000000186. The number of carbonyl (C=O) groups is 2. The van der Waals surface area contributed by atoms with E-state index >= 15 is 0 Å². The number of nitrogens with zero attached hydrogens (tertiary/aromatic N) is 4. The Bertz CT molecular complexity index is 1270. The molecule has 6 rings (SSSR count). The van der Waals surface area contributed by atoms with Crippen molar-refractivity contribution < 1.29 is 9.59 Å². The number of Topliss-reactive ketones (excluding diaryl/α,β-unsaturated/α-hetero) is 1. The standard InChI is InChI=1S/C21H23N3O.C12H15NO/c1-17-6-5-9-19(14-17)24-16-22-20(25)21(24)10-12-23(13-11-21)15-18-7-3-2-4-8-18;14-12-6-8-13(9-7-12)10-11-4-2-1-3-5-11/h2-9,14,16H,10-13,15H2,1H3;1-5H,6-10H2. The summed E-state index contributed by atoms with van der Waals surface area (Å²) in [6.07, 6.45) is 4.81. The fourth-order valence-electron chi connectivity index (χ4n) is 5.72. The van der Waals surface area contributed by atoms with E-state index in [1.807, 2.05) is 18.2 Å². The van der Waals surface area contributed by atoms with Gasteiger partial charge in [0.2, 0.25) is 0 Å². The second-order valence-electron chi connectivity index (χ2n) is 10.9. The fourth-order valence-corrected chi connectivity index (χ4v) is 5.72. The first-order valence-electron chi connectivity index (χ1n) is 14.0. The zero-order chi connectivity index (χ0) is 27.1. The van der Waals surface area contributed by atoms with Crippen LogP contribution in [0.2, 0.25) is 0 Å². The van der Waals surface area contributed by atoms with Crippen LogP contribution in [-0.4, -0.2) is 59.5 Å². The third-order valence-electron chi connectivity index (χ3n) is 8.02. The zero-order valence-corrected chi connectivity index (χ0v) is 22.8. The fraction of sp³-hybridized carbons (Fsp3) is 0.364. The van der Waals surface area contributed by atoms with Crippen LogP contribution in [0, 0.1) is 6.92 Å². The molecular formula is C33H38N4O2. The minimum absolute atomic E-state index is 0.00775. The Morgan fingerprint density at radius 1 is 0.718 bits per heavy atom. The lowest BCUT2D eigenvalue weighted by Crippen LogP contribution is -2.56. The Hall–Kier alpha value is -3.61. The summed E-state index contributed by atoms with van der Waals surface area (Å²) in [4.78, 5) is 34.7. The molecule has 0 unspecified atom stereocenters. The molecule has 3 aliphatic heterocycles. The van der Waals surface area contributed by atoms with Gasteiger partial charge in [-0.3, -0.25) is 19.4 Å². The Morgan fingerprint density at radius 3 is 1.85 bits per heavy atom. The summed E-state index contributed by atoms with van der Waals surface area (Å²) in [7, 11) is 0. The zero-order valence-electron chi connectivity index (χ0n) is 22.8. The van der Waals surface area contributed by atoms with Crippen molar-refractivity contribution in [3.8, 4) is 0 Å². The van der Waals surface area contributed by atoms with Crippen molar-refractivity contribution in [2.75, 3.05) is 31.1 Å². The maximum atomic E-state index is 12.6. The Morgan fingerprint density at radius 2 is 1.28 bits per heavy atom. The van der Waals surface area contributed by atoms with Crippen molar-refractivity contribution in [2.24, 2.45) is 4.99 Å². The summed E-state index contributed by atoms with van der Waals surface area (Å²) in [5.41, 5.74) is 4.42. The van der Waals surface area contributed by atoms with Crippen LogP contribution >= 0.6 is 0 Å². The number of anilines is 1. The largest absolute Gasteiger partial charge is 0.317 e. The van der Waals surface area contributed by atoms with Crippen LogP contribution in [-0.2, 0) is 22.7 Å². The summed E-state index contributed by atoms with van der Waals surface area (Å²) in [6.45, 7) is 7.66. The van der Waals surface area contributed by atoms with E-state index < -0.39 is 5.54 Å². The molecule has 3 aromatic rings. The molecule has 0 aliphatic carbocycles. The highest BCUT2D eigenvalue weighted by molar-refractivity contribution is 6.08. The summed E-state index contributed by atoms with van der Waals surface area (Å²) < 4.78 is 0. The van der Waals surface area contributed by atoms with Crippen LogP contribution in [0.15, 0.2) is 89.9 Å². The predicted octanol–water partition coefficient (Wildman–Crippen LogP) is 5.26. The number of rotatable bonds is 5. The molecule has 2 saturated heterocycles. The molecule has 0 bridgehead atoms. The number of hydrogen-bond donors (Lipinski definition) is 0. The van der Waals surface area contributed by atoms with Gasteiger partial charge in [0.25, 0.3) is 5.91 Å². The van der Waals surface area contributed by atoms with E-state index in [0.29, 0.717) is 5.78 Å². The molecule has 0 radical (unpaired) electrons. The lowest BCUT2D eigenvalue weighted by molar-refractivity contribution is -0.123. The highest BCUT2D eigenvalue weighted by Crippen LogP contribution is 2.37. The topological polar surface area (TPSA) is 56.2 Å². The molecule has 39 heavy (non-hydrogen) atoms. The highest BCUT2D eigenvalue weighted by Gasteiger charge is 2.49. The van der Waals surface area contributed by atoms with Gasteiger partial charge in [0, 0.05) is 57.8 Å². The molecule has 0 N–H and O–H groups in total. The maximum absolute atomic E-state index is 12.6. The molecular weight excluding hydrogens is 484 g/mol. The molecule has 0 saturated carbocycles. The summed E-state index contributed by atoms with van der Waals surface area (Å²) >= 11 is 0. The van der Waals surface area contributed by atoms with E-state index in [2.05, 4.69) is 93.3 Å². The van der Waals surface area contributed by atoms with Crippen molar-refractivity contribution in [2.45, 2.75) is 51.2 Å². The number of amides is 1. The molecule has 202 valence electrons. The van der Waals surface area contributed by atoms with Gasteiger partial charge < -0.3 is 4.90 Å². The second kappa shape index (κ2) is 12.5. The number of hydrogen-bond acceptors (Lipinski definition) is 5. The van der Waals surface area contributed by atoms with Crippen LogP contribution in [0.3, 0.4) is 0 Å². The first kappa shape index (κ1) is 27.0. The third-order valence-corrected chi connectivity index (χ3v) is 8.02. The van der Waals surface area contributed by atoms with Gasteiger partial charge in [-0.2, -0.15) is 0 Å². The van der Waals surface area contributed by atoms with E-state index in [-0.39, 0.29) is 5.91 Å². The molecule has 3 aliphatic rings. The quantitative estimate of drug-likeness (QED) is 0.458. The van der Waals surface area contributed by atoms with Crippen molar-refractivity contribution in [3.05, 3.63) is 102 Å². The van der Waals surface area contributed by atoms with Crippen LogP contribution < -0.4 is 4.90 Å². The van der Waals surface area contributed by atoms with Crippen molar-refractivity contribution in [3.63, 3.8) is 0 Å². The van der Waals surface area contributed by atoms with E-state index in [1.54, 1.807) is 6.34 Å². The van der Waals surface area contributed by atoms with Crippen molar-refractivity contribution >= 4 is 23.7 Å².